The highest BCUT2D eigenvalue weighted by molar-refractivity contribution is 6.14. The molecule has 0 aliphatic heterocycles. The molecular weight excluding hydrogens is 344 g/mol. The molecular formula is C21H26N2O4. The van der Waals surface area contributed by atoms with Crippen LogP contribution in [0.1, 0.15) is 26.3 Å². The number of carbonyl (C=O) groups excluding carboxylic acids is 2. The molecule has 0 radical (unpaired) electrons. The smallest absolute Gasteiger partial charge is 0.239 e. The van der Waals surface area contributed by atoms with E-state index < -0.39 is 11.3 Å². The van der Waals surface area contributed by atoms with Gasteiger partial charge in [-0.15, -0.1) is 0 Å². The van der Waals surface area contributed by atoms with E-state index in [1.165, 1.54) is 14.2 Å². The minimum Gasteiger partial charge on any atom is -0.497 e. The second kappa shape index (κ2) is 8.58. The quantitative estimate of drug-likeness (QED) is 0.726. The van der Waals surface area contributed by atoms with Crippen molar-refractivity contribution in [1.82, 2.24) is 0 Å². The Labute approximate surface area is 159 Å². The van der Waals surface area contributed by atoms with E-state index >= 15 is 0 Å². The highest BCUT2D eigenvalue weighted by Crippen LogP contribution is 2.31. The van der Waals surface area contributed by atoms with Gasteiger partial charge in [0.1, 0.15) is 16.9 Å². The number of hydrogen-bond donors (Lipinski definition) is 2. The number of carbonyl (C=O) groups is 2. The van der Waals surface area contributed by atoms with Gasteiger partial charge in [0, 0.05) is 11.8 Å². The van der Waals surface area contributed by atoms with Gasteiger partial charge >= 0.3 is 0 Å². The normalized spacial score (nSPS) is 10.9. The summed E-state index contributed by atoms with van der Waals surface area (Å²) >= 11 is 0. The molecule has 6 nitrogen and oxygen atoms in total. The minimum absolute atomic E-state index is 0.386. The van der Waals surface area contributed by atoms with Crippen molar-refractivity contribution in [3.8, 4) is 11.5 Å². The van der Waals surface area contributed by atoms with Crippen molar-refractivity contribution in [2.24, 2.45) is 5.41 Å². The molecule has 0 saturated heterocycles. The van der Waals surface area contributed by atoms with Crippen LogP contribution in [0.4, 0.5) is 11.4 Å². The first-order chi connectivity index (χ1) is 12.8. The number of hydrogen-bond acceptors (Lipinski definition) is 4. The van der Waals surface area contributed by atoms with Crippen LogP contribution in [0.3, 0.4) is 0 Å². The Hall–Kier alpha value is -3.02. The number of anilines is 2. The molecule has 0 aliphatic rings. The van der Waals surface area contributed by atoms with Crippen LogP contribution in [0.25, 0.3) is 0 Å². The molecule has 144 valence electrons. The average molecular weight is 370 g/mol. The van der Waals surface area contributed by atoms with Gasteiger partial charge in [-0.25, -0.2) is 0 Å². The molecule has 0 atom stereocenters. The van der Waals surface area contributed by atoms with E-state index in [1.54, 1.807) is 32.0 Å². The summed E-state index contributed by atoms with van der Waals surface area (Å²) in [6, 6.07) is 12.6. The maximum absolute atomic E-state index is 12.8. The number of amides is 2. The Bertz CT molecular complexity index is 831. The number of nitrogens with one attached hydrogen (secondary N) is 2. The van der Waals surface area contributed by atoms with Crippen molar-refractivity contribution in [3.05, 3.63) is 48.0 Å². The van der Waals surface area contributed by atoms with Crippen LogP contribution >= 0.6 is 0 Å². The van der Waals surface area contributed by atoms with Crippen molar-refractivity contribution < 1.29 is 19.1 Å². The van der Waals surface area contributed by atoms with E-state index in [0.717, 1.165) is 12.0 Å². The minimum atomic E-state index is -1.30. The molecule has 0 aliphatic carbocycles. The summed E-state index contributed by atoms with van der Waals surface area (Å²) in [6.07, 6.45) is 0.782. The molecule has 0 heterocycles. The molecule has 2 aromatic rings. The molecule has 2 aromatic carbocycles. The van der Waals surface area contributed by atoms with Crippen LogP contribution < -0.4 is 20.1 Å². The van der Waals surface area contributed by atoms with Gasteiger partial charge in [-0.05, 0) is 44.0 Å². The zero-order valence-electron chi connectivity index (χ0n) is 16.4. The Kier molecular flexibility index (Phi) is 6.45. The molecule has 2 N–H and O–H groups in total. The van der Waals surface area contributed by atoms with Crippen LogP contribution in [0.15, 0.2) is 42.5 Å². The third kappa shape index (κ3) is 4.58. The van der Waals surface area contributed by atoms with E-state index in [0.29, 0.717) is 22.9 Å². The lowest BCUT2D eigenvalue weighted by atomic mass is 9.90. The first kappa shape index (κ1) is 20.3. The largest absolute Gasteiger partial charge is 0.497 e. The molecule has 0 unspecified atom stereocenters. The van der Waals surface area contributed by atoms with Gasteiger partial charge in [0.15, 0.2) is 0 Å². The number of rotatable bonds is 7. The molecule has 2 amide bonds. The molecule has 0 saturated carbocycles. The molecule has 27 heavy (non-hydrogen) atoms. The molecule has 0 spiro atoms. The van der Waals surface area contributed by atoms with Gasteiger partial charge in [-0.1, -0.05) is 25.1 Å². The summed E-state index contributed by atoms with van der Waals surface area (Å²) in [5.74, 6) is 0.227. The van der Waals surface area contributed by atoms with E-state index in [4.69, 9.17) is 9.47 Å². The monoisotopic (exact) mass is 370 g/mol. The lowest BCUT2D eigenvalue weighted by molar-refractivity contribution is -0.135. The molecule has 0 aromatic heterocycles. The summed E-state index contributed by atoms with van der Waals surface area (Å²) in [5, 5.41) is 5.63. The molecule has 2 rings (SSSR count). The molecule has 6 heteroatoms. The number of methoxy groups -OCH3 is 2. The van der Waals surface area contributed by atoms with Crippen molar-refractivity contribution in [2.75, 3.05) is 24.9 Å². The van der Waals surface area contributed by atoms with Crippen molar-refractivity contribution in [2.45, 2.75) is 27.2 Å². The fourth-order valence-electron chi connectivity index (χ4n) is 2.52. The third-order valence-corrected chi connectivity index (χ3v) is 4.44. The fraction of sp³-hybridized carbons (Fsp3) is 0.333. The van der Waals surface area contributed by atoms with Gasteiger partial charge < -0.3 is 20.1 Å². The summed E-state index contributed by atoms with van der Waals surface area (Å²) in [7, 11) is 3.05. The average Bonchev–Trinajstić information content (AvgIpc) is 2.68. The Balaban J connectivity index is 2.20. The van der Waals surface area contributed by atoms with Crippen LogP contribution in [0, 0.1) is 5.41 Å². The van der Waals surface area contributed by atoms with Crippen molar-refractivity contribution >= 4 is 23.2 Å². The first-order valence-corrected chi connectivity index (χ1v) is 8.76. The predicted molar refractivity (Wildman–Crippen MR) is 106 cm³/mol. The lowest BCUT2D eigenvalue weighted by Crippen LogP contribution is -2.41. The Morgan fingerprint density at radius 2 is 1.56 bits per heavy atom. The van der Waals surface area contributed by atoms with Crippen LogP contribution in [0.5, 0.6) is 11.5 Å². The second-order valence-electron chi connectivity index (χ2n) is 6.61. The summed E-state index contributed by atoms with van der Waals surface area (Å²) in [5.41, 5.74) is 0.868. The van der Waals surface area contributed by atoms with Gasteiger partial charge in [0.2, 0.25) is 11.8 Å². The molecule has 0 bridgehead atoms. The van der Waals surface area contributed by atoms with E-state index in [1.807, 2.05) is 31.2 Å². The zero-order valence-corrected chi connectivity index (χ0v) is 16.4. The number of para-hydroxylation sites is 1. The first-order valence-electron chi connectivity index (χ1n) is 8.76. The number of benzene rings is 2. The Morgan fingerprint density at radius 3 is 2.15 bits per heavy atom. The maximum Gasteiger partial charge on any atom is 0.239 e. The topological polar surface area (TPSA) is 76.7 Å². The standard InChI is InChI=1S/C21H26N2O4/c1-6-14-9-7-8-10-16(14)22-19(24)21(2,3)20(25)23-17-13-15(26-4)11-12-18(17)27-5/h7-13H,6H2,1-5H3,(H,22,24)(H,23,25). The van der Waals surface area contributed by atoms with Crippen LogP contribution in [-0.4, -0.2) is 26.0 Å². The summed E-state index contributed by atoms with van der Waals surface area (Å²) < 4.78 is 10.5. The van der Waals surface area contributed by atoms with Crippen molar-refractivity contribution in [1.29, 1.82) is 0 Å². The van der Waals surface area contributed by atoms with E-state index in [9.17, 15) is 9.59 Å². The number of aryl methyl sites for hydroxylation is 1. The van der Waals surface area contributed by atoms with E-state index in [2.05, 4.69) is 10.6 Å². The van der Waals surface area contributed by atoms with E-state index in [-0.39, 0.29) is 5.91 Å². The van der Waals surface area contributed by atoms with Gasteiger partial charge in [-0.3, -0.25) is 9.59 Å². The molecule has 0 fully saturated rings. The highest BCUT2D eigenvalue weighted by atomic mass is 16.5. The van der Waals surface area contributed by atoms with Gasteiger partial charge in [0.05, 0.1) is 19.9 Å². The zero-order chi connectivity index (χ0) is 20.0. The summed E-state index contributed by atoms with van der Waals surface area (Å²) in [6.45, 7) is 5.18. The van der Waals surface area contributed by atoms with Crippen LogP contribution in [0.2, 0.25) is 0 Å². The SMILES string of the molecule is CCc1ccccc1NC(=O)C(C)(C)C(=O)Nc1cc(OC)ccc1OC. The third-order valence-electron chi connectivity index (χ3n) is 4.44. The lowest BCUT2D eigenvalue weighted by Gasteiger charge is -2.24. The van der Waals surface area contributed by atoms with Gasteiger partial charge in [0.25, 0.3) is 0 Å². The number of ether oxygens (including phenoxy) is 2. The second-order valence-corrected chi connectivity index (χ2v) is 6.61. The van der Waals surface area contributed by atoms with Crippen LogP contribution in [-0.2, 0) is 16.0 Å². The van der Waals surface area contributed by atoms with Crippen molar-refractivity contribution in [3.63, 3.8) is 0 Å². The Morgan fingerprint density at radius 1 is 0.926 bits per heavy atom. The fourth-order valence-corrected chi connectivity index (χ4v) is 2.52. The predicted octanol–water partition coefficient (Wildman–Crippen LogP) is 3.87. The highest BCUT2D eigenvalue weighted by Gasteiger charge is 2.36. The van der Waals surface area contributed by atoms with Gasteiger partial charge in [-0.2, -0.15) is 0 Å². The summed E-state index contributed by atoms with van der Waals surface area (Å²) in [4.78, 5) is 25.6. The maximum atomic E-state index is 12.8.